The molecule has 0 aliphatic heterocycles. The maximum absolute atomic E-state index is 9.86. The molecule has 0 amide bonds. The minimum absolute atomic E-state index is 0.217. The van der Waals surface area contributed by atoms with E-state index in [1.54, 1.807) is 0 Å². The van der Waals surface area contributed by atoms with Gasteiger partial charge in [-0.3, -0.25) is 0 Å². The third-order valence-corrected chi connectivity index (χ3v) is 9.19. The monoisotopic (exact) mass is 602 g/mol. The highest BCUT2D eigenvalue weighted by Crippen LogP contribution is 2.50. The molecule has 4 nitrogen and oxygen atoms in total. The van der Waals surface area contributed by atoms with Gasteiger partial charge in [-0.2, -0.15) is 5.26 Å². The summed E-state index contributed by atoms with van der Waals surface area (Å²) in [5.74, 6) is 1.87. The quantitative estimate of drug-likeness (QED) is 0.197. The van der Waals surface area contributed by atoms with Crippen LogP contribution < -0.4 is 0 Å². The van der Waals surface area contributed by atoms with E-state index in [1.165, 1.54) is 11.1 Å². The van der Waals surface area contributed by atoms with Gasteiger partial charge in [0.25, 0.3) is 0 Å². The van der Waals surface area contributed by atoms with Gasteiger partial charge in [0.15, 0.2) is 17.5 Å². The fourth-order valence-corrected chi connectivity index (χ4v) is 6.79. The molecule has 0 unspecified atom stereocenters. The molecule has 0 radical (unpaired) electrons. The molecule has 7 aromatic rings. The van der Waals surface area contributed by atoms with Gasteiger partial charge in [0, 0.05) is 27.7 Å². The summed E-state index contributed by atoms with van der Waals surface area (Å²) in [5, 5.41) is 9.86. The van der Waals surface area contributed by atoms with Crippen molar-refractivity contribution in [3.05, 3.63) is 162 Å². The molecule has 47 heavy (non-hydrogen) atoms. The number of aromatic nitrogens is 3. The van der Waals surface area contributed by atoms with Crippen molar-refractivity contribution >= 4 is 0 Å². The van der Waals surface area contributed by atoms with Crippen LogP contribution in [0.3, 0.4) is 0 Å². The van der Waals surface area contributed by atoms with E-state index >= 15 is 0 Å². The summed E-state index contributed by atoms with van der Waals surface area (Å²) in [6.07, 6.45) is 0. The van der Waals surface area contributed by atoms with Gasteiger partial charge in [-0.05, 0) is 57.1 Å². The lowest BCUT2D eigenvalue weighted by molar-refractivity contribution is 0.660. The molecule has 0 saturated heterocycles. The van der Waals surface area contributed by atoms with Gasteiger partial charge in [0.1, 0.15) is 0 Å². The highest BCUT2D eigenvalue weighted by molar-refractivity contribution is 5.87. The Balaban J connectivity index is 1.26. The lowest BCUT2D eigenvalue weighted by Crippen LogP contribution is -2.15. The first kappa shape index (κ1) is 28.3. The van der Waals surface area contributed by atoms with Crippen molar-refractivity contribution in [2.24, 2.45) is 0 Å². The predicted molar refractivity (Wildman–Crippen MR) is 189 cm³/mol. The Hall–Kier alpha value is -6.18. The summed E-state index contributed by atoms with van der Waals surface area (Å²) in [6, 6.07) is 52.2. The van der Waals surface area contributed by atoms with Gasteiger partial charge in [0.05, 0.1) is 11.6 Å². The minimum atomic E-state index is -0.217. The van der Waals surface area contributed by atoms with Crippen LogP contribution in [-0.4, -0.2) is 15.0 Å². The van der Waals surface area contributed by atoms with E-state index in [4.69, 9.17) is 15.0 Å². The number of nitrogens with zero attached hydrogens (tertiary/aromatic N) is 4. The first-order valence-electron chi connectivity index (χ1n) is 15.8. The van der Waals surface area contributed by atoms with Gasteiger partial charge < -0.3 is 0 Å². The van der Waals surface area contributed by atoms with Gasteiger partial charge in [-0.25, -0.2) is 15.0 Å². The Bertz CT molecular complexity index is 2330. The first-order valence-corrected chi connectivity index (χ1v) is 15.8. The zero-order valence-corrected chi connectivity index (χ0v) is 26.1. The molecular formula is C43H30N4. The molecule has 0 atom stereocenters. The van der Waals surface area contributed by atoms with Crippen LogP contribution in [0.2, 0.25) is 0 Å². The molecule has 1 aromatic heterocycles. The largest absolute Gasteiger partial charge is 0.208 e. The number of fused-ring (bicyclic) bond motifs is 3. The lowest BCUT2D eigenvalue weighted by atomic mass is 9.81. The summed E-state index contributed by atoms with van der Waals surface area (Å²) in [6.45, 7) is 4.48. The van der Waals surface area contributed by atoms with Crippen molar-refractivity contribution in [3.8, 4) is 73.6 Å². The Morgan fingerprint density at radius 1 is 0.447 bits per heavy atom. The number of hydrogen-bond acceptors (Lipinski definition) is 4. The van der Waals surface area contributed by atoms with Crippen LogP contribution in [0.5, 0.6) is 0 Å². The summed E-state index contributed by atoms with van der Waals surface area (Å²) in [5.41, 5.74) is 12.3. The van der Waals surface area contributed by atoms with E-state index in [0.717, 1.165) is 55.6 Å². The second kappa shape index (κ2) is 11.3. The molecule has 0 fully saturated rings. The second-order valence-corrected chi connectivity index (χ2v) is 12.4. The molecule has 4 heteroatoms. The predicted octanol–water partition coefficient (Wildman–Crippen LogP) is 10.4. The summed E-state index contributed by atoms with van der Waals surface area (Å²) < 4.78 is 0. The van der Waals surface area contributed by atoms with Gasteiger partial charge >= 0.3 is 0 Å². The van der Waals surface area contributed by atoms with Crippen LogP contribution in [0.25, 0.3) is 67.5 Å². The fraction of sp³-hybridized carbons (Fsp3) is 0.0698. The zero-order chi connectivity index (χ0) is 32.0. The van der Waals surface area contributed by atoms with Gasteiger partial charge in [-0.15, -0.1) is 0 Å². The van der Waals surface area contributed by atoms with Crippen molar-refractivity contribution in [2.75, 3.05) is 0 Å². The molecule has 1 heterocycles. The highest BCUT2D eigenvalue weighted by Gasteiger charge is 2.37. The smallest absolute Gasteiger partial charge is 0.164 e. The van der Waals surface area contributed by atoms with Crippen LogP contribution in [0.15, 0.2) is 146 Å². The molecule has 1 aliphatic carbocycles. The molecule has 222 valence electrons. The van der Waals surface area contributed by atoms with E-state index in [1.807, 2.05) is 72.8 Å². The molecule has 0 spiro atoms. The van der Waals surface area contributed by atoms with E-state index in [-0.39, 0.29) is 5.41 Å². The molecule has 1 aliphatic rings. The highest BCUT2D eigenvalue weighted by atomic mass is 15.0. The molecule has 8 rings (SSSR count). The second-order valence-electron chi connectivity index (χ2n) is 12.4. The van der Waals surface area contributed by atoms with Crippen molar-refractivity contribution in [3.63, 3.8) is 0 Å². The van der Waals surface area contributed by atoms with E-state index in [9.17, 15) is 5.26 Å². The first-order chi connectivity index (χ1) is 23.0. The van der Waals surface area contributed by atoms with Crippen molar-refractivity contribution in [1.29, 1.82) is 5.26 Å². The summed E-state index contributed by atoms with van der Waals surface area (Å²) in [4.78, 5) is 15.1. The summed E-state index contributed by atoms with van der Waals surface area (Å²) >= 11 is 0. The Kier molecular flexibility index (Phi) is 6.82. The van der Waals surface area contributed by atoms with Crippen LogP contribution in [-0.2, 0) is 5.41 Å². The molecular weight excluding hydrogens is 573 g/mol. The third-order valence-electron chi connectivity index (χ3n) is 9.19. The Morgan fingerprint density at radius 3 is 1.77 bits per heavy atom. The van der Waals surface area contributed by atoms with Crippen LogP contribution >= 0.6 is 0 Å². The van der Waals surface area contributed by atoms with E-state index < -0.39 is 0 Å². The standard InChI is InChI=1S/C43H30N4/c1-43(2)37-22-12-19-33(27-44)39(37)36-24-23-31(26-38(36)43)30-17-11-18-32(25-30)41-45-40(29-15-7-4-8-16-29)46-42(47-41)35-21-10-9-20-34(35)28-13-5-3-6-14-28/h3-26H,1-2H3. The Morgan fingerprint density at radius 2 is 1.02 bits per heavy atom. The molecule has 0 N–H and O–H groups in total. The third kappa shape index (κ3) is 4.90. The number of hydrogen-bond donors (Lipinski definition) is 0. The van der Waals surface area contributed by atoms with Gasteiger partial charge in [-0.1, -0.05) is 141 Å². The average molecular weight is 603 g/mol. The average Bonchev–Trinajstić information content (AvgIpc) is 3.38. The number of nitriles is 1. The van der Waals surface area contributed by atoms with Crippen LogP contribution in [0.4, 0.5) is 0 Å². The SMILES string of the molecule is CC1(C)c2cc(-c3cccc(-c4nc(-c5ccccc5)nc(-c5ccccc5-c5ccccc5)n4)c3)ccc2-c2c(C#N)cccc21. The number of benzene rings is 6. The molecule has 0 saturated carbocycles. The van der Waals surface area contributed by atoms with E-state index in [2.05, 4.69) is 92.7 Å². The Labute approximate surface area is 274 Å². The minimum Gasteiger partial charge on any atom is -0.208 e. The topological polar surface area (TPSA) is 62.5 Å². The molecule has 0 bridgehead atoms. The van der Waals surface area contributed by atoms with Crippen LogP contribution in [0, 0.1) is 11.3 Å². The maximum atomic E-state index is 9.86. The van der Waals surface area contributed by atoms with Gasteiger partial charge in [0.2, 0.25) is 0 Å². The zero-order valence-electron chi connectivity index (χ0n) is 26.1. The fourth-order valence-electron chi connectivity index (χ4n) is 6.79. The van der Waals surface area contributed by atoms with Crippen molar-refractivity contribution in [2.45, 2.75) is 19.3 Å². The molecule has 6 aromatic carbocycles. The van der Waals surface area contributed by atoms with E-state index in [0.29, 0.717) is 17.5 Å². The van der Waals surface area contributed by atoms with Crippen LogP contribution in [0.1, 0.15) is 30.5 Å². The van der Waals surface area contributed by atoms with Crippen molar-refractivity contribution in [1.82, 2.24) is 15.0 Å². The van der Waals surface area contributed by atoms with Crippen molar-refractivity contribution < 1.29 is 0 Å². The lowest BCUT2D eigenvalue weighted by Gasteiger charge is -2.22. The number of rotatable bonds is 5. The summed E-state index contributed by atoms with van der Waals surface area (Å²) in [7, 11) is 0. The maximum Gasteiger partial charge on any atom is 0.164 e. The normalized spacial score (nSPS) is 12.6.